The van der Waals surface area contributed by atoms with E-state index in [1.807, 2.05) is 75.4 Å². The number of nitrogens with two attached hydrogens (primary N) is 1. The Labute approximate surface area is 244 Å². The molecule has 7 rings (SSSR count). The Morgan fingerprint density at radius 1 is 0.833 bits per heavy atom. The molecule has 2 N–H and O–H groups in total. The number of fused-ring (bicyclic) bond motifs is 2. The average molecular weight is 564 g/mol. The van der Waals surface area contributed by atoms with Crippen molar-refractivity contribution in [3.05, 3.63) is 126 Å². The third kappa shape index (κ3) is 4.22. The van der Waals surface area contributed by atoms with Gasteiger partial charge in [-0.25, -0.2) is 9.97 Å². The molecule has 0 aliphatic carbocycles. The molecule has 214 valence electrons. The summed E-state index contributed by atoms with van der Waals surface area (Å²) < 4.78 is 32.8. The molecule has 2 aliphatic heterocycles. The van der Waals surface area contributed by atoms with Crippen LogP contribution in [-0.2, 0) is 24.5 Å². The fourth-order valence-electron chi connectivity index (χ4n) is 6.62. The molecule has 3 aromatic carbocycles. The monoisotopic (exact) mass is 563 g/mol. The Morgan fingerprint density at radius 3 is 1.98 bits per heavy atom. The van der Waals surface area contributed by atoms with Crippen LogP contribution in [0.25, 0.3) is 11.1 Å². The summed E-state index contributed by atoms with van der Waals surface area (Å²) in [7, 11) is 0. The molecule has 4 atom stereocenters. The minimum absolute atomic E-state index is 0.224. The van der Waals surface area contributed by atoms with E-state index < -0.39 is 35.3 Å². The van der Waals surface area contributed by atoms with Crippen LogP contribution in [-0.4, -0.2) is 40.2 Å². The molecule has 0 amide bonds. The van der Waals surface area contributed by atoms with Gasteiger partial charge in [0, 0.05) is 5.56 Å². The molecule has 2 saturated heterocycles. The van der Waals surface area contributed by atoms with Crippen LogP contribution in [0.3, 0.4) is 0 Å². The van der Waals surface area contributed by atoms with Crippen LogP contribution in [0.1, 0.15) is 49.1 Å². The van der Waals surface area contributed by atoms with Gasteiger partial charge in [0.1, 0.15) is 41.4 Å². The van der Waals surface area contributed by atoms with Gasteiger partial charge in [0.05, 0.1) is 12.9 Å². The highest BCUT2D eigenvalue weighted by atomic mass is 16.8. The number of benzene rings is 3. The van der Waals surface area contributed by atoms with E-state index in [0.29, 0.717) is 11.1 Å². The standard InChI is InChI=1S/C34H33N3O5/c1-32(2)41-30-26(40-29(33(30,3)42-32)25-19-38-28-27(25)36-21-37-31(28)35)20-39-34(22-13-7-4-8-14-22,23-15-9-5-10-16-23)24-17-11-6-12-18-24/h4-19,21,26,29-30H,20H2,1-3H3,(H2,35,36,37)/t26?,29-,30+,33-/m0/s1. The third-order valence-electron chi connectivity index (χ3n) is 8.31. The van der Waals surface area contributed by atoms with E-state index in [9.17, 15) is 0 Å². The second-order valence-electron chi connectivity index (χ2n) is 11.5. The smallest absolute Gasteiger partial charge is 0.194 e. The van der Waals surface area contributed by atoms with Gasteiger partial charge in [0.25, 0.3) is 0 Å². The summed E-state index contributed by atoms with van der Waals surface area (Å²) in [5.74, 6) is -0.559. The quantitative estimate of drug-likeness (QED) is 0.235. The summed E-state index contributed by atoms with van der Waals surface area (Å²) in [6.45, 7) is 6.07. The zero-order valence-electron chi connectivity index (χ0n) is 23.8. The molecule has 8 nitrogen and oxygen atoms in total. The first-order valence-corrected chi connectivity index (χ1v) is 14.1. The number of aromatic nitrogens is 2. The van der Waals surface area contributed by atoms with E-state index in [1.165, 1.54) is 6.33 Å². The lowest BCUT2D eigenvalue weighted by atomic mass is 9.80. The number of hydrogen-bond donors (Lipinski definition) is 1. The van der Waals surface area contributed by atoms with Crippen molar-refractivity contribution >= 4 is 16.9 Å². The fraction of sp³-hybridized carbons (Fsp3) is 0.294. The maximum atomic E-state index is 7.14. The Kier molecular flexibility index (Phi) is 6.40. The molecule has 2 aromatic heterocycles. The Morgan fingerprint density at radius 2 is 1.40 bits per heavy atom. The molecule has 1 unspecified atom stereocenters. The first-order chi connectivity index (χ1) is 20.3. The predicted molar refractivity (Wildman–Crippen MR) is 157 cm³/mol. The summed E-state index contributed by atoms with van der Waals surface area (Å²) in [5, 5.41) is 0. The van der Waals surface area contributed by atoms with Crippen molar-refractivity contribution in [2.24, 2.45) is 0 Å². The van der Waals surface area contributed by atoms with E-state index >= 15 is 0 Å². The zero-order valence-corrected chi connectivity index (χ0v) is 23.8. The number of furan rings is 1. The van der Waals surface area contributed by atoms with Gasteiger partial charge in [-0.1, -0.05) is 91.0 Å². The minimum Gasteiger partial charge on any atom is -0.458 e. The van der Waals surface area contributed by atoms with Gasteiger partial charge in [-0.15, -0.1) is 0 Å². The topological polar surface area (TPSA) is 102 Å². The van der Waals surface area contributed by atoms with Crippen LogP contribution < -0.4 is 5.73 Å². The summed E-state index contributed by atoms with van der Waals surface area (Å²) >= 11 is 0. The largest absolute Gasteiger partial charge is 0.458 e. The van der Waals surface area contributed by atoms with Crippen LogP contribution in [0.5, 0.6) is 0 Å². The van der Waals surface area contributed by atoms with Crippen LogP contribution in [0, 0.1) is 0 Å². The first kappa shape index (κ1) is 26.8. The zero-order chi connectivity index (χ0) is 29.0. The molecule has 5 aromatic rings. The normalized spacial score (nSPS) is 25.1. The van der Waals surface area contributed by atoms with Gasteiger partial charge in [0.15, 0.2) is 17.2 Å². The number of ether oxygens (including phenoxy) is 4. The Hall–Kier alpha value is -4.08. The fourth-order valence-corrected chi connectivity index (χ4v) is 6.62. The van der Waals surface area contributed by atoms with Crippen LogP contribution in [0.2, 0.25) is 0 Å². The van der Waals surface area contributed by atoms with Crippen molar-refractivity contribution in [1.29, 1.82) is 0 Å². The van der Waals surface area contributed by atoms with Gasteiger partial charge in [0.2, 0.25) is 0 Å². The van der Waals surface area contributed by atoms with Gasteiger partial charge < -0.3 is 29.1 Å². The molecule has 2 fully saturated rings. The molecule has 42 heavy (non-hydrogen) atoms. The third-order valence-corrected chi connectivity index (χ3v) is 8.31. The maximum Gasteiger partial charge on any atom is 0.194 e. The molecule has 2 aliphatic rings. The van der Waals surface area contributed by atoms with Crippen LogP contribution in [0.15, 0.2) is 108 Å². The molecule has 0 radical (unpaired) electrons. The van der Waals surface area contributed by atoms with Crippen molar-refractivity contribution in [1.82, 2.24) is 9.97 Å². The van der Waals surface area contributed by atoms with Crippen molar-refractivity contribution in [2.45, 2.75) is 56.1 Å². The molecular weight excluding hydrogens is 530 g/mol. The van der Waals surface area contributed by atoms with Crippen molar-refractivity contribution in [2.75, 3.05) is 12.3 Å². The summed E-state index contributed by atoms with van der Waals surface area (Å²) in [4.78, 5) is 8.53. The molecule has 4 heterocycles. The lowest BCUT2D eigenvalue weighted by molar-refractivity contribution is -0.210. The number of rotatable bonds is 7. The Balaban J connectivity index is 1.31. The predicted octanol–water partition coefficient (Wildman–Crippen LogP) is 6.16. The van der Waals surface area contributed by atoms with Gasteiger partial charge in [-0.3, -0.25) is 0 Å². The molecule has 0 bridgehead atoms. The van der Waals surface area contributed by atoms with E-state index in [4.69, 9.17) is 29.1 Å². The van der Waals surface area contributed by atoms with E-state index in [0.717, 1.165) is 22.3 Å². The number of nitrogens with zero attached hydrogens (tertiary/aromatic N) is 2. The van der Waals surface area contributed by atoms with E-state index in [2.05, 4.69) is 46.4 Å². The molecular formula is C34H33N3O5. The highest BCUT2D eigenvalue weighted by molar-refractivity contribution is 5.85. The van der Waals surface area contributed by atoms with Crippen LogP contribution >= 0.6 is 0 Å². The first-order valence-electron chi connectivity index (χ1n) is 14.1. The average Bonchev–Trinajstić information content (AvgIpc) is 3.62. The summed E-state index contributed by atoms with van der Waals surface area (Å²) in [5.41, 5.74) is 9.11. The number of nitrogen functional groups attached to an aromatic ring is 1. The van der Waals surface area contributed by atoms with E-state index in [-0.39, 0.29) is 12.4 Å². The van der Waals surface area contributed by atoms with Crippen molar-refractivity contribution < 1.29 is 23.4 Å². The summed E-state index contributed by atoms with van der Waals surface area (Å²) in [6, 6.07) is 30.8. The molecule has 0 saturated carbocycles. The highest BCUT2D eigenvalue weighted by Crippen LogP contribution is 2.54. The number of anilines is 1. The van der Waals surface area contributed by atoms with Gasteiger partial charge >= 0.3 is 0 Å². The van der Waals surface area contributed by atoms with Gasteiger partial charge in [-0.05, 0) is 37.5 Å². The van der Waals surface area contributed by atoms with Crippen LogP contribution in [0.4, 0.5) is 5.82 Å². The summed E-state index contributed by atoms with van der Waals surface area (Å²) in [6.07, 6.45) is 1.61. The molecule has 0 spiro atoms. The maximum absolute atomic E-state index is 7.14. The highest BCUT2D eigenvalue weighted by Gasteiger charge is 2.64. The van der Waals surface area contributed by atoms with Gasteiger partial charge in [-0.2, -0.15) is 0 Å². The minimum atomic E-state index is -0.902. The van der Waals surface area contributed by atoms with Crippen molar-refractivity contribution in [3.63, 3.8) is 0 Å². The second-order valence-corrected chi connectivity index (χ2v) is 11.5. The lowest BCUT2D eigenvalue weighted by Crippen LogP contribution is -2.42. The lowest BCUT2D eigenvalue weighted by Gasteiger charge is -2.37. The second kappa shape index (κ2) is 10.0. The molecule has 8 heteroatoms. The Bertz CT molecular complexity index is 1600. The van der Waals surface area contributed by atoms with Crippen molar-refractivity contribution in [3.8, 4) is 0 Å². The van der Waals surface area contributed by atoms with E-state index in [1.54, 1.807) is 6.26 Å². The number of hydrogen-bond acceptors (Lipinski definition) is 8. The SMILES string of the molecule is CC1(C)O[C@@H]2C(COC(c3ccccc3)(c3ccccc3)c3ccccc3)O[C@@H](c3coc4c(N)ncnc34)[C@]2(C)O1.